The fourth-order valence-electron chi connectivity index (χ4n) is 1.18. The van der Waals surface area contributed by atoms with Crippen LogP contribution < -0.4 is 5.73 Å². The van der Waals surface area contributed by atoms with Crippen molar-refractivity contribution >= 4 is 11.3 Å². The Morgan fingerprint density at radius 3 is 2.71 bits per heavy atom. The molecule has 0 amide bonds. The van der Waals surface area contributed by atoms with Gasteiger partial charge in [0.2, 0.25) is 0 Å². The van der Waals surface area contributed by atoms with Gasteiger partial charge >= 0.3 is 0 Å². The zero-order valence-electron chi connectivity index (χ0n) is 9.04. The monoisotopic (exact) mass is 214 g/mol. The van der Waals surface area contributed by atoms with Crippen LogP contribution in [0.4, 0.5) is 0 Å². The second-order valence-electron chi connectivity index (χ2n) is 3.37. The summed E-state index contributed by atoms with van der Waals surface area (Å²) < 4.78 is 5.26. The Labute approximate surface area is 89.3 Å². The van der Waals surface area contributed by atoms with Gasteiger partial charge in [-0.05, 0) is 20.8 Å². The molecule has 0 saturated heterocycles. The van der Waals surface area contributed by atoms with Gasteiger partial charge in [0.25, 0.3) is 0 Å². The molecule has 0 aliphatic heterocycles. The highest BCUT2D eigenvalue weighted by Crippen LogP contribution is 2.17. The van der Waals surface area contributed by atoms with E-state index in [-0.39, 0.29) is 6.04 Å². The van der Waals surface area contributed by atoms with Crippen LogP contribution in [0.5, 0.6) is 0 Å². The number of rotatable bonds is 5. The van der Waals surface area contributed by atoms with Gasteiger partial charge in [0, 0.05) is 23.9 Å². The molecule has 1 rings (SSSR count). The molecule has 1 aromatic rings. The zero-order chi connectivity index (χ0) is 10.6. The second kappa shape index (κ2) is 5.44. The molecule has 1 aromatic heterocycles. The second-order valence-corrected chi connectivity index (χ2v) is 4.66. The zero-order valence-corrected chi connectivity index (χ0v) is 9.86. The molecule has 4 heteroatoms. The molecular weight excluding hydrogens is 196 g/mol. The van der Waals surface area contributed by atoms with Crippen LogP contribution in [0, 0.1) is 13.8 Å². The van der Waals surface area contributed by atoms with E-state index in [4.69, 9.17) is 10.5 Å². The summed E-state index contributed by atoms with van der Waals surface area (Å²) >= 11 is 1.73. The van der Waals surface area contributed by atoms with Crippen LogP contribution in [0.2, 0.25) is 0 Å². The maximum atomic E-state index is 5.89. The van der Waals surface area contributed by atoms with Crippen LogP contribution in [0.15, 0.2) is 0 Å². The van der Waals surface area contributed by atoms with E-state index in [0.717, 1.165) is 23.7 Å². The normalized spacial score (nSPS) is 13.1. The summed E-state index contributed by atoms with van der Waals surface area (Å²) in [6, 6.07) is 0.0694. The first-order chi connectivity index (χ1) is 6.63. The Kier molecular flexibility index (Phi) is 4.51. The average molecular weight is 214 g/mol. The minimum Gasteiger partial charge on any atom is -0.380 e. The number of aryl methyl sites for hydroxylation is 2. The smallest absolute Gasteiger partial charge is 0.0947 e. The Balaban J connectivity index is 2.43. The quantitative estimate of drug-likeness (QED) is 0.811. The maximum absolute atomic E-state index is 5.89. The largest absolute Gasteiger partial charge is 0.380 e. The lowest BCUT2D eigenvalue weighted by Crippen LogP contribution is -2.28. The molecule has 1 heterocycles. The van der Waals surface area contributed by atoms with Crippen molar-refractivity contribution in [3.63, 3.8) is 0 Å². The molecule has 2 N–H and O–H groups in total. The summed E-state index contributed by atoms with van der Waals surface area (Å²) in [4.78, 5) is 5.72. The molecule has 80 valence electrons. The lowest BCUT2D eigenvalue weighted by molar-refractivity contribution is 0.133. The molecule has 1 atom stereocenters. The fourth-order valence-corrected chi connectivity index (χ4v) is 2.21. The first-order valence-electron chi connectivity index (χ1n) is 4.89. The third kappa shape index (κ3) is 3.36. The molecule has 0 aliphatic carbocycles. The molecule has 1 unspecified atom stereocenters. The van der Waals surface area contributed by atoms with Gasteiger partial charge in [-0.15, -0.1) is 11.3 Å². The summed E-state index contributed by atoms with van der Waals surface area (Å²) in [7, 11) is 0. The Morgan fingerprint density at radius 2 is 2.21 bits per heavy atom. The summed E-state index contributed by atoms with van der Waals surface area (Å²) in [5.74, 6) is 0. The first-order valence-corrected chi connectivity index (χ1v) is 5.71. The molecule has 0 aliphatic rings. The van der Waals surface area contributed by atoms with Gasteiger partial charge < -0.3 is 10.5 Å². The lowest BCUT2D eigenvalue weighted by atomic mass is 10.2. The van der Waals surface area contributed by atoms with Crippen molar-refractivity contribution in [2.45, 2.75) is 33.2 Å². The van der Waals surface area contributed by atoms with Crippen LogP contribution in [-0.4, -0.2) is 24.2 Å². The molecule has 0 spiro atoms. The van der Waals surface area contributed by atoms with E-state index >= 15 is 0 Å². The van der Waals surface area contributed by atoms with Crippen LogP contribution in [0.1, 0.15) is 22.5 Å². The maximum Gasteiger partial charge on any atom is 0.0947 e. The first kappa shape index (κ1) is 11.6. The minimum absolute atomic E-state index is 0.0694. The molecular formula is C10H18N2OS. The fraction of sp³-hybridized carbons (Fsp3) is 0.700. The van der Waals surface area contributed by atoms with E-state index in [0.29, 0.717) is 6.61 Å². The van der Waals surface area contributed by atoms with E-state index in [1.165, 1.54) is 4.88 Å². The van der Waals surface area contributed by atoms with Gasteiger partial charge in [-0.2, -0.15) is 0 Å². The standard InChI is InChI=1S/C10H18N2OS/c1-4-13-6-9(11)5-10-12-7(2)8(3)14-10/h9H,4-6,11H2,1-3H3. The molecule has 0 bridgehead atoms. The van der Waals surface area contributed by atoms with Crippen molar-refractivity contribution in [3.8, 4) is 0 Å². The van der Waals surface area contributed by atoms with Crippen molar-refractivity contribution in [2.75, 3.05) is 13.2 Å². The third-order valence-corrected chi connectivity index (χ3v) is 3.14. The SMILES string of the molecule is CCOCC(N)Cc1nc(C)c(C)s1. The van der Waals surface area contributed by atoms with E-state index < -0.39 is 0 Å². The van der Waals surface area contributed by atoms with Gasteiger partial charge in [-0.1, -0.05) is 0 Å². The van der Waals surface area contributed by atoms with Crippen molar-refractivity contribution < 1.29 is 4.74 Å². The van der Waals surface area contributed by atoms with Crippen LogP contribution in [0.3, 0.4) is 0 Å². The van der Waals surface area contributed by atoms with Gasteiger partial charge in [-0.25, -0.2) is 4.98 Å². The summed E-state index contributed by atoms with van der Waals surface area (Å²) in [6.45, 7) is 7.44. The van der Waals surface area contributed by atoms with Gasteiger partial charge in [0.05, 0.1) is 17.3 Å². The molecule has 3 nitrogen and oxygen atoms in total. The molecule has 0 saturated carbocycles. The van der Waals surface area contributed by atoms with Crippen molar-refractivity contribution in [1.82, 2.24) is 4.98 Å². The lowest BCUT2D eigenvalue weighted by Gasteiger charge is -2.08. The molecule has 0 radical (unpaired) electrons. The average Bonchev–Trinajstić information content (AvgIpc) is 2.42. The van der Waals surface area contributed by atoms with Crippen molar-refractivity contribution in [3.05, 3.63) is 15.6 Å². The molecule has 0 aromatic carbocycles. The summed E-state index contributed by atoms with van der Waals surface area (Å²) in [5.41, 5.74) is 7.01. The number of nitrogens with zero attached hydrogens (tertiary/aromatic N) is 1. The van der Waals surface area contributed by atoms with Crippen LogP contribution >= 0.6 is 11.3 Å². The van der Waals surface area contributed by atoms with Crippen LogP contribution in [-0.2, 0) is 11.2 Å². The highest BCUT2D eigenvalue weighted by Gasteiger charge is 2.08. The van der Waals surface area contributed by atoms with E-state index in [2.05, 4.69) is 11.9 Å². The van der Waals surface area contributed by atoms with Gasteiger partial charge in [-0.3, -0.25) is 0 Å². The van der Waals surface area contributed by atoms with Gasteiger partial charge in [0.15, 0.2) is 0 Å². The Bertz CT molecular complexity index is 266. The number of hydrogen-bond donors (Lipinski definition) is 1. The van der Waals surface area contributed by atoms with Crippen molar-refractivity contribution in [1.29, 1.82) is 0 Å². The minimum atomic E-state index is 0.0694. The van der Waals surface area contributed by atoms with Crippen molar-refractivity contribution in [2.24, 2.45) is 5.73 Å². The topological polar surface area (TPSA) is 48.1 Å². The highest BCUT2D eigenvalue weighted by atomic mass is 32.1. The third-order valence-electron chi connectivity index (χ3n) is 2.05. The van der Waals surface area contributed by atoms with E-state index in [9.17, 15) is 0 Å². The number of nitrogens with two attached hydrogens (primary N) is 1. The number of ether oxygens (including phenoxy) is 1. The summed E-state index contributed by atoms with van der Waals surface area (Å²) in [6.07, 6.45) is 0.819. The van der Waals surface area contributed by atoms with Gasteiger partial charge in [0.1, 0.15) is 0 Å². The van der Waals surface area contributed by atoms with Crippen LogP contribution in [0.25, 0.3) is 0 Å². The number of thiazole rings is 1. The number of aromatic nitrogens is 1. The summed E-state index contributed by atoms with van der Waals surface area (Å²) in [5, 5.41) is 1.12. The molecule has 0 fully saturated rings. The predicted octanol–water partition coefficient (Wildman–Crippen LogP) is 1.67. The van der Waals surface area contributed by atoms with E-state index in [1.807, 2.05) is 13.8 Å². The van der Waals surface area contributed by atoms with E-state index in [1.54, 1.807) is 11.3 Å². The highest BCUT2D eigenvalue weighted by molar-refractivity contribution is 7.11. The molecule has 14 heavy (non-hydrogen) atoms. The Morgan fingerprint density at radius 1 is 1.50 bits per heavy atom. The predicted molar refractivity (Wildman–Crippen MR) is 59.8 cm³/mol. The number of hydrogen-bond acceptors (Lipinski definition) is 4. The Hall–Kier alpha value is -0.450.